The Bertz CT molecular complexity index is 214. The maximum atomic E-state index is 9.81. The van der Waals surface area contributed by atoms with Gasteiger partial charge < -0.3 is 10.8 Å². The minimum Gasteiger partial charge on any atom is -0.480 e. The highest BCUT2D eigenvalue weighted by atomic mass is 32.3. The molecule has 0 rings (SSSR count). The van der Waals surface area contributed by atoms with Crippen molar-refractivity contribution in [2.75, 3.05) is 0 Å². The van der Waals surface area contributed by atoms with E-state index in [2.05, 4.69) is 0 Å². The summed E-state index contributed by atoms with van der Waals surface area (Å²) in [4.78, 5) is 9.81. The van der Waals surface area contributed by atoms with Crippen LogP contribution in [0.1, 0.15) is 13.3 Å². The maximum Gasteiger partial charge on any atom is 0.394 e. The van der Waals surface area contributed by atoms with Gasteiger partial charge in [-0.15, -0.1) is 0 Å². The topological polar surface area (TPSA) is 138 Å². The van der Waals surface area contributed by atoms with Crippen molar-refractivity contribution in [2.24, 2.45) is 5.73 Å². The smallest absolute Gasteiger partial charge is 0.394 e. The Balaban J connectivity index is 0. The Hall–Kier alpha value is -0.700. The van der Waals surface area contributed by atoms with E-state index in [0.29, 0.717) is 6.42 Å². The van der Waals surface area contributed by atoms with E-state index in [4.69, 9.17) is 28.4 Å². The van der Waals surface area contributed by atoms with E-state index < -0.39 is 22.4 Å². The average Bonchev–Trinajstić information content (AvgIpc) is 1.82. The van der Waals surface area contributed by atoms with Gasteiger partial charge >= 0.3 is 16.4 Å². The van der Waals surface area contributed by atoms with Gasteiger partial charge in [-0.05, 0) is 6.42 Å². The summed E-state index contributed by atoms with van der Waals surface area (Å²) >= 11 is 0. The fourth-order valence-electron chi connectivity index (χ4n) is 0.175. The first-order valence-corrected chi connectivity index (χ1v) is 4.26. The first kappa shape index (κ1) is 13.9. The molecule has 0 fully saturated rings. The summed E-state index contributed by atoms with van der Waals surface area (Å²) in [5, 5.41) is 8.06. The minimum absolute atomic E-state index is 0.495. The molecule has 0 aliphatic heterocycles. The van der Waals surface area contributed by atoms with E-state index in [-0.39, 0.29) is 0 Å². The van der Waals surface area contributed by atoms with Gasteiger partial charge in [0.05, 0.1) is 0 Å². The van der Waals surface area contributed by atoms with Gasteiger partial charge in [0.1, 0.15) is 6.04 Å². The summed E-state index contributed by atoms with van der Waals surface area (Å²) in [6.45, 7) is 1.73. The summed E-state index contributed by atoms with van der Waals surface area (Å²) in [5.41, 5.74) is 5.02. The molecule has 8 heteroatoms. The number of carboxylic acids is 1. The first-order chi connectivity index (χ1) is 5.18. The van der Waals surface area contributed by atoms with E-state index >= 15 is 0 Å². The fourth-order valence-corrected chi connectivity index (χ4v) is 0.175. The largest absolute Gasteiger partial charge is 0.480 e. The molecular weight excluding hydrogens is 190 g/mol. The summed E-state index contributed by atoms with van der Waals surface area (Å²) in [7, 11) is -4.67. The third-order valence-electron chi connectivity index (χ3n) is 0.757. The Morgan fingerprint density at radius 3 is 1.75 bits per heavy atom. The SMILES string of the molecule is CCC(N)C(=O)O.O=S(=O)(O)O. The van der Waals surface area contributed by atoms with Crippen LogP contribution in [0, 0.1) is 0 Å². The second-order valence-corrected chi connectivity index (χ2v) is 2.70. The molecule has 0 aromatic heterocycles. The number of carboxylic acid groups (broad SMARTS) is 1. The molecule has 0 aliphatic carbocycles. The van der Waals surface area contributed by atoms with Crippen LogP contribution in [0.2, 0.25) is 0 Å². The van der Waals surface area contributed by atoms with Crippen molar-refractivity contribution in [2.45, 2.75) is 19.4 Å². The zero-order valence-corrected chi connectivity index (χ0v) is 7.15. The molecular formula is C4H11NO6S. The maximum absolute atomic E-state index is 9.81. The summed E-state index contributed by atoms with van der Waals surface area (Å²) in [6, 6.07) is -0.681. The second kappa shape index (κ2) is 5.89. The van der Waals surface area contributed by atoms with Crippen molar-refractivity contribution in [1.29, 1.82) is 0 Å². The third-order valence-corrected chi connectivity index (χ3v) is 0.757. The van der Waals surface area contributed by atoms with E-state index in [1.54, 1.807) is 6.92 Å². The van der Waals surface area contributed by atoms with Crippen LogP contribution in [0.5, 0.6) is 0 Å². The van der Waals surface area contributed by atoms with Crippen LogP contribution < -0.4 is 5.73 Å². The van der Waals surface area contributed by atoms with E-state index in [9.17, 15) is 4.79 Å². The Kier molecular flexibility index (Phi) is 6.80. The second-order valence-electron chi connectivity index (χ2n) is 1.80. The molecule has 7 nitrogen and oxygen atoms in total. The van der Waals surface area contributed by atoms with E-state index in [1.165, 1.54) is 0 Å². The lowest BCUT2D eigenvalue weighted by atomic mass is 10.2. The van der Waals surface area contributed by atoms with Gasteiger partial charge in [-0.3, -0.25) is 13.9 Å². The molecule has 5 N–H and O–H groups in total. The van der Waals surface area contributed by atoms with Crippen LogP contribution in [-0.4, -0.2) is 34.6 Å². The average molecular weight is 201 g/mol. The molecule has 12 heavy (non-hydrogen) atoms. The molecule has 0 aromatic rings. The van der Waals surface area contributed by atoms with E-state index in [0.717, 1.165) is 0 Å². The fraction of sp³-hybridized carbons (Fsp3) is 0.750. The highest BCUT2D eigenvalue weighted by Crippen LogP contribution is 1.82. The highest BCUT2D eigenvalue weighted by Gasteiger charge is 2.05. The van der Waals surface area contributed by atoms with Crippen LogP contribution in [0.4, 0.5) is 0 Å². The zero-order chi connectivity index (χ0) is 10.4. The van der Waals surface area contributed by atoms with Crippen molar-refractivity contribution in [3.63, 3.8) is 0 Å². The van der Waals surface area contributed by atoms with Crippen molar-refractivity contribution >= 4 is 16.4 Å². The molecule has 0 saturated carbocycles. The Morgan fingerprint density at radius 1 is 1.50 bits per heavy atom. The Labute approximate surface area is 69.8 Å². The molecule has 1 atom stereocenters. The first-order valence-electron chi connectivity index (χ1n) is 2.86. The molecule has 0 radical (unpaired) electrons. The number of rotatable bonds is 2. The third kappa shape index (κ3) is 22.8. The van der Waals surface area contributed by atoms with Crippen molar-refractivity contribution in [3.8, 4) is 0 Å². The summed E-state index contributed by atoms with van der Waals surface area (Å²) in [6.07, 6.45) is 0.495. The number of carbonyl (C=O) groups is 1. The van der Waals surface area contributed by atoms with Gasteiger partial charge in [0.25, 0.3) is 0 Å². The van der Waals surface area contributed by atoms with Crippen LogP contribution in [0.15, 0.2) is 0 Å². The quantitative estimate of drug-likeness (QED) is 0.427. The molecule has 0 amide bonds. The molecule has 0 spiro atoms. The lowest BCUT2D eigenvalue weighted by molar-refractivity contribution is -0.138. The number of nitrogens with two attached hydrogens (primary N) is 1. The monoisotopic (exact) mass is 201 g/mol. The normalized spacial score (nSPS) is 12.7. The molecule has 0 bridgehead atoms. The molecule has 74 valence electrons. The van der Waals surface area contributed by atoms with Gasteiger partial charge in [0, 0.05) is 0 Å². The van der Waals surface area contributed by atoms with Gasteiger partial charge in [0.2, 0.25) is 0 Å². The van der Waals surface area contributed by atoms with Crippen LogP contribution >= 0.6 is 0 Å². The van der Waals surface area contributed by atoms with Crippen molar-refractivity contribution in [1.82, 2.24) is 0 Å². The Morgan fingerprint density at radius 2 is 1.75 bits per heavy atom. The minimum atomic E-state index is -4.67. The van der Waals surface area contributed by atoms with Crippen LogP contribution in [-0.2, 0) is 15.2 Å². The van der Waals surface area contributed by atoms with Crippen molar-refractivity contribution < 1.29 is 27.4 Å². The highest BCUT2D eigenvalue weighted by molar-refractivity contribution is 7.79. The number of aliphatic carboxylic acids is 1. The predicted octanol–water partition coefficient (Wildman–Crippen LogP) is -0.844. The molecule has 0 aromatic carbocycles. The van der Waals surface area contributed by atoms with E-state index in [1.807, 2.05) is 0 Å². The molecule has 1 unspecified atom stereocenters. The molecule has 0 aliphatic rings. The van der Waals surface area contributed by atoms with Gasteiger partial charge in [-0.1, -0.05) is 6.92 Å². The van der Waals surface area contributed by atoms with Gasteiger partial charge in [-0.25, -0.2) is 0 Å². The van der Waals surface area contributed by atoms with Crippen molar-refractivity contribution in [3.05, 3.63) is 0 Å². The van der Waals surface area contributed by atoms with Gasteiger partial charge in [0.15, 0.2) is 0 Å². The molecule has 0 heterocycles. The van der Waals surface area contributed by atoms with Gasteiger partial charge in [-0.2, -0.15) is 8.42 Å². The lowest BCUT2D eigenvalue weighted by Crippen LogP contribution is -2.28. The van der Waals surface area contributed by atoms with Crippen LogP contribution in [0.3, 0.4) is 0 Å². The lowest BCUT2D eigenvalue weighted by Gasteiger charge is -1.97. The standard InChI is InChI=1S/C4H9NO2.H2O4S/c1-2-3(5)4(6)7;1-5(2,3)4/h3H,2,5H2,1H3,(H,6,7);(H2,1,2,3,4). The predicted molar refractivity (Wildman–Crippen MR) is 40.1 cm³/mol. The summed E-state index contributed by atoms with van der Waals surface area (Å²) in [5.74, 6) is -0.928. The number of hydrogen-bond donors (Lipinski definition) is 4. The summed E-state index contributed by atoms with van der Waals surface area (Å²) < 4.78 is 31.6. The number of hydrogen-bond acceptors (Lipinski definition) is 4. The molecule has 0 saturated heterocycles. The zero-order valence-electron chi connectivity index (χ0n) is 6.34. The van der Waals surface area contributed by atoms with Crippen LogP contribution in [0.25, 0.3) is 0 Å².